The van der Waals surface area contributed by atoms with Gasteiger partial charge in [0.05, 0.1) is 0 Å². The molecule has 0 spiro atoms. The van der Waals surface area contributed by atoms with Crippen LogP contribution in [0.15, 0.2) is 53.0 Å². The Balaban J connectivity index is 1.91. The second-order valence-corrected chi connectivity index (χ2v) is 6.55. The molecule has 0 unspecified atom stereocenters. The molecule has 0 aliphatic carbocycles. The molecule has 2 rings (SSSR count). The Bertz CT molecular complexity index is 545. The van der Waals surface area contributed by atoms with E-state index in [1.54, 1.807) is 0 Å². The molecule has 0 aliphatic heterocycles. The first-order valence-electron chi connectivity index (χ1n) is 8.15. The minimum absolute atomic E-state index is 1.17. The van der Waals surface area contributed by atoms with Crippen molar-refractivity contribution >= 4 is 15.9 Å². The lowest BCUT2D eigenvalue weighted by atomic mass is 10.00. The average Bonchev–Trinajstić information content (AvgIpc) is 2.51. The molecule has 0 bridgehead atoms. The van der Waals surface area contributed by atoms with Gasteiger partial charge in [-0.1, -0.05) is 97.4 Å². The number of benzene rings is 2. The van der Waals surface area contributed by atoms with Crippen LogP contribution in [0.4, 0.5) is 0 Å². The number of rotatable bonds is 8. The average molecular weight is 345 g/mol. The van der Waals surface area contributed by atoms with Crippen LogP contribution in [0.3, 0.4) is 0 Å². The molecule has 0 aliphatic rings. The molecule has 0 heterocycles. The van der Waals surface area contributed by atoms with E-state index in [0.717, 1.165) is 0 Å². The first-order chi connectivity index (χ1) is 10.3. The number of hydrogen-bond donors (Lipinski definition) is 0. The molecule has 0 aromatic heterocycles. The minimum Gasteiger partial charge on any atom is -0.0654 e. The Labute approximate surface area is 137 Å². The zero-order valence-electron chi connectivity index (χ0n) is 12.9. The molecule has 21 heavy (non-hydrogen) atoms. The molecule has 0 radical (unpaired) electrons. The monoisotopic (exact) mass is 344 g/mol. The van der Waals surface area contributed by atoms with Crippen LogP contribution in [-0.2, 0) is 6.42 Å². The molecular formula is C20H25Br. The van der Waals surface area contributed by atoms with Gasteiger partial charge >= 0.3 is 0 Å². The molecular weight excluding hydrogens is 320 g/mol. The zero-order valence-corrected chi connectivity index (χ0v) is 14.5. The van der Waals surface area contributed by atoms with Crippen LogP contribution >= 0.6 is 15.9 Å². The lowest BCUT2D eigenvalue weighted by molar-refractivity contribution is 0.607. The predicted molar refractivity (Wildman–Crippen MR) is 96.7 cm³/mol. The Hall–Kier alpha value is -1.08. The van der Waals surface area contributed by atoms with E-state index in [9.17, 15) is 0 Å². The third kappa shape index (κ3) is 5.32. The van der Waals surface area contributed by atoms with Crippen molar-refractivity contribution in [3.63, 3.8) is 0 Å². The zero-order chi connectivity index (χ0) is 14.9. The molecule has 0 fully saturated rings. The topological polar surface area (TPSA) is 0 Å². The van der Waals surface area contributed by atoms with Crippen LogP contribution in [0.2, 0.25) is 0 Å². The van der Waals surface area contributed by atoms with E-state index in [1.807, 2.05) is 0 Å². The molecule has 112 valence electrons. The van der Waals surface area contributed by atoms with E-state index in [4.69, 9.17) is 0 Å². The molecule has 2 aromatic rings. The van der Waals surface area contributed by atoms with Crippen molar-refractivity contribution in [3.8, 4) is 11.1 Å². The molecule has 0 nitrogen and oxygen atoms in total. The fraction of sp³-hybridized carbons (Fsp3) is 0.400. The summed E-state index contributed by atoms with van der Waals surface area (Å²) in [5.41, 5.74) is 4.05. The van der Waals surface area contributed by atoms with Gasteiger partial charge in [0, 0.05) is 4.47 Å². The van der Waals surface area contributed by atoms with Crippen LogP contribution in [0.5, 0.6) is 0 Å². The fourth-order valence-corrected chi connectivity index (χ4v) is 3.21. The lowest BCUT2D eigenvalue weighted by Crippen LogP contribution is -1.88. The highest BCUT2D eigenvalue weighted by molar-refractivity contribution is 9.10. The van der Waals surface area contributed by atoms with Gasteiger partial charge in [0.1, 0.15) is 0 Å². The van der Waals surface area contributed by atoms with Crippen molar-refractivity contribution in [1.29, 1.82) is 0 Å². The first-order valence-corrected chi connectivity index (χ1v) is 8.94. The van der Waals surface area contributed by atoms with Crippen molar-refractivity contribution in [2.75, 3.05) is 0 Å². The van der Waals surface area contributed by atoms with Crippen LogP contribution in [-0.4, -0.2) is 0 Å². The summed E-state index contributed by atoms with van der Waals surface area (Å²) in [6, 6.07) is 17.4. The summed E-state index contributed by atoms with van der Waals surface area (Å²) in [5.74, 6) is 0. The standard InChI is InChI=1S/C20H25Br/c1-2-3-4-5-6-7-11-17-12-10-13-18(16-17)19-14-8-9-15-20(19)21/h8-10,12-16H,2-7,11H2,1H3. The maximum absolute atomic E-state index is 3.65. The summed E-state index contributed by atoms with van der Waals surface area (Å²) in [6.45, 7) is 2.27. The number of hydrogen-bond acceptors (Lipinski definition) is 0. The van der Waals surface area contributed by atoms with E-state index < -0.39 is 0 Å². The van der Waals surface area contributed by atoms with Gasteiger partial charge in [0.2, 0.25) is 0 Å². The minimum atomic E-state index is 1.17. The second-order valence-electron chi connectivity index (χ2n) is 5.70. The fourth-order valence-electron chi connectivity index (χ4n) is 2.70. The van der Waals surface area contributed by atoms with E-state index in [0.29, 0.717) is 0 Å². The highest BCUT2D eigenvalue weighted by Crippen LogP contribution is 2.28. The summed E-state index contributed by atoms with van der Waals surface area (Å²) in [6.07, 6.45) is 9.36. The normalized spacial score (nSPS) is 10.8. The Kier molecular flexibility index (Phi) is 7.02. The molecule has 1 heteroatoms. The van der Waals surface area contributed by atoms with Crippen molar-refractivity contribution in [3.05, 3.63) is 58.6 Å². The predicted octanol–water partition coefficient (Wildman–Crippen LogP) is 7.02. The van der Waals surface area contributed by atoms with Crippen LogP contribution in [0.1, 0.15) is 51.0 Å². The molecule has 0 N–H and O–H groups in total. The van der Waals surface area contributed by atoms with Crippen LogP contribution < -0.4 is 0 Å². The van der Waals surface area contributed by atoms with Crippen molar-refractivity contribution in [2.24, 2.45) is 0 Å². The molecule has 0 saturated carbocycles. The van der Waals surface area contributed by atoms with Gasteiger partial charge in [-0.25, -0.2) is 0 Å². The van der Waals surface area contributed by atoms with E-state index in [-0.39, 0.29) is 0 Å². The third-order valence-corrected chi connectivity index (χ3v) is 4.62. The highest BCUT2D eigenvalue weighted by Gasteiger charge is 2.03. The maximum atomic E-state index is 3.65. The first kappa shape index (κ1) is 16.3. The Morgan fingerprint density at radius 1 is 0.810 bits per heavy atom. The number of halogens is 1. The number of unbranched alkanes of at least 4 members (excludes halogenated alkanes) is 5. The van der Waals surface area contributed by atoms with E-state index >= 15 is 0 Å². The van der Waals surface area contributed by atoms with Gasteiger partial charge < -0.3 is 0 Å². The van der Waals surface area contributed by atoms with Gasteiger partial charge in [0.25, 0.3) is 0 Å². The molecule has 0 saturated heterocycles. The second kappa shape index (κ2) is 9.04. The van der Waals surface area contributed by atoms with Crippen molar-refractivity contribution in [1.82, 2.24) is 0 Å². The Morgan fingerprint density at radius 3 is 2.38 bits per heavy atom. The number of aryl methyl sites for hydroxylation is 1. The van der Waals surface area contributed by atoms with Crippen molar-refractivity contribution < 1.29 is 0 Å². The van der Waals surface area contributed by atoms with Gasteiger partial charge in [0.15, 0.2) is 0 Å². The summed E-state index contributed by atoms with van der Waals surface area (Å²) in [5, 5.41) is 0. The molecule has 0 amide bonds. The highest BCUT2D eigenvalue weighted by atomic mass is 79.9. The van der Waals surface area contributed by atoms with Crippen molar-refractivity contribution in [2.45, 2.75) is 51.9 Å². The quantitative estimate of drug-likeness (QED) is 0.451. The largest absolute Gasteiger partial charge is 0.0654 e. The molecule has 0 atom stereocenters. The van der Waals surface area contributed by atoms with Crippen LogP contribution in [0.25, 0.3) is 11.1 Å². The summed E-state index contributed by atoms with van der Waals surface area (Å²) < 4.78 is 1.17. The maximum Gasteiger partial charge on any atom is 0.0253 e. The van der Waals surface area contributed by atoms with Gasteiger partial charge in [-0.15, -0.1) is 0 Å². The summed E-state index contributed by atoms with van der Waals surface area (Å²) in [7, 11) is 0. The SMILES string of the molecule is CCCCCCCCc1cccc(-c2ccccc2Br)c1. The van der Waals surface area contributed by atoms with E-state index in [2.05, 4.69) is 71.4 Å². The Morgan fingerprint density at radius 2 is 1.57 bits per heavy atom. The summed E-state index contributed by atoms with van der Waals surface area (Å²) in [4.78, 5) is 0. The molecule has 2 aromatic carbocycles. The van der Waals surface area contributed by atoms with Gasteiger partial charge in [-0.3, -0.25) is 0 Å². The van der Waals surface area contributed by atoms with Gasteiger partial charge in [-0.2, -0.15) is 0 Å². The van der Waals surface area contributed by atoms with Crippen LogP contribution in [0, 0.1) is 0 Å². The smallest absolute Gasteiger partial charge is 0.0253 e. The lowest BCUT2D eigenvalue weighted by Gasteiger charge is -2.07. The summed E-state index contributed by atoms with van der Waals surface area (Å²) >= 11 is 3.65. The van der Waals surface area contributed by atoms with E-state index in [1.165, 1.54) is 66.1 Å². The third-order valence-electron chi connectivity index (χ3n) is 3.93. The van der Waals surface area contributed by atoms with Gasteiger partial charge in [-0.05, 0) is 35.6 Å².